The van der Waals surface area contributed by atoms with E-state index in [9.17, 15) is 13.2 Å². The van der Waals surface area contributed by atoms with Crippen LogP contribution in [0.4, 0.5) is 0 Å². The number of carbonyl (C=O) groups excluding carboxylic acids is 1. The first-order valence-corrected chi connectivity index (χ1v) is 9.26. The second-order valence-electron chi connectivity index (χ2n) is 4.13. The minimum atomic E-state index is -3.92. The van der Waals surface area contributed by atoms with Crippen molar-refractivity contribution in [1.82, 2.24) is 5.32 Å². The van der Waals surface area contributed by atoms with E-state index >= 15 is 0 Å². The third-order valence-electron chi connectivity index (χ3n) is 2.61. The normalized spacial score (nSPS) is 11.4. The maximum absolute atomic E-state index is 12.1. The van der Waals surface area contributed by atoms with Gasteiger partial charge in [-0.3, -0.25) is 4.79 Å². The highest BCUT2D eigenvalue weighted by atomic mass is 79.9. The van der Waals surface area contributed by atoms with Crippen LogP contribution >= 0.6 is 38.9 Å². The van der Waals surface area contributed by atoms with Gasteiger partial charge in [-0.25, -0.2) is 13.6 Å². The number of thiophene rings is 1. The molecule has 2 aromatic rings. The van der Waals surface area contributed by atoms with Crippen LogP contribution in [0, 0.1) is 0 Å². The predicted molar refractivity (Wildman–Crippen MR) is 86.0 cm³/mol. The van der Waals surface area contributed by atoms with Crippen LogP contribution in [-0.4, -0.2) is 14.3 Å². The summed E-state index contributed by atoms with van der Waals surface area (Å²) >= 11 is 10.7. The lowest BCUT2D eigenvalue weighted by molar-refractivity contribution is 0.0951. The van der Waals surface area contributed by atoms with Crippen molar-refractivity contribution in [2.45, 2.75) is 11.4 Å². The maximum Gasteiger partial charge on any atom is 0.253 e. The van der Waals surface area contributed by atoms with Crippen molar-refractivity contribution in [3.05, 3.63) is 49.6 Å². The van der Waals surface area contributed by atoms with Crippen LogP contribution in [-0.2, 0) is 16.6 Å². The molecule has 112 valence electrons. The van der Waals surface area contributed by atoms with E-state index in [-0.39, 0.29) is 20.0 Å². The fraction of sp³-hybridized carbons (Fsp3) is 0.0833. The highest BCUT2D eigenvalue weighted by Gasteiger charge is 2.18. The van der Waals surface area contributed by atoms with Crippen molar-refractivity contribution in [2.24, 2.45) is 5.14 Å². The number of amides is 1. The standard InChI is InChI=1S/C12H10BrClN2O3S2/c13-10-4-8(21(15,18)19)3-9(11(10)14)12(17)16-5-7-1-2-20-6-7/h1-4,6H,5H2,(H,16,17)(H2,15,18,19). The minimum absolute atomic E-state index is 0.0466. The van der Waals surface area contributed by atoms with Crippen LogP contribution in [0.25, 0.3) is 0 Å². The smallest absolute Gasteiger partial charge is 0.253 e. The van der Waals surface area contributed by atoms with Gasteiger partial charge in [-0.15, -0.1) is 0 Å². The number of hydrogen-bond acceptors (Lipinski definition) is 4. The number of hydrogen-bond donors (Lipinski definition) is 2. The molecular formula is C12H10BrClN2O3S2. The van der Waals surface area contributed by atoms with Crippen LogP contribution in [0.2, 0.25) is 5.02 Å². The molecule has 0 aliphatic heterocycles. The van der Waals surface area contributed by atoms with Gasteiger partial charge >= 0.3 is 0 Å². The summed E-state index contributed by atoms with van der Waals surface area (Å²) in [5, 5.41) is 11.7. The average molecular weight is 410 g/mol. The third-order valence-corrected chi connectivity index (χ3v) is 5.49. The summed E-state index contributed by atoms with van der Waals surface area (Å²) in [4.78, 5) is 12.0. The molecule has 1 heterocycles. The van der Waals surface area contributed by atoms with Crippen molar-refractivity contribution in [1.29, 1.82) is 0 Å². The lowest BCUT2D eigenvalue weighted by atomic mass is 10.2. The van der Waals surface area contributed by atoms with Gasteiger partial charge in [0.2, 0.25) is 10.0 Å². The van der Waals surface area contributed by atoms with Crippen molar-refractivity contribution in [2.75, 3.05) is 0 Å². The molecule has 0 atom stereocenters. The molecule has 0 spiro atoms. The van der Waals surface area contributed by atoms with Gasteiger partial charge in [0, 0.05) is 11.0 Å². The van der Waals surface area contributed by atoms with Crippen molar-refractivity contribution in [3.63, 3.8) is 0 Å². The monoisotopic (exact) mass is 408 g/mol. The molecule has 1 aromatic carbocycles. The van der Waals surface area contributed by atoms with Gasteiger partial charge in [0.25, 0.3) is 5.91 Å². The molecule has 0 saturated heterocycles. The fourth-order valence-corrected chi connectivity index (χ4v) is 3.60. The molecule has 0 bridgehead atoms. The van der Waals surface area contributed by atoms with Gasteiger partial charge < -0.3 is 5.32 Å². The molecule has 21 heavy (non-hydrogen) atoms. The third kappa shape index (κ3) is 4.04. The van der Waals surface area contributed by atoms with Crippen LogP contribution in [0.1, 0.15) is 15.9 Å². The van der Waals surface area contributed by atoms with Gasteiger partial charge in [-0.2, -0.15) is 11.3 Å². The largest absolute Gasteiger partial charge is 0.348 e. The Morgan fingerprint density at radius 3 is 2.71 bits per heavy atom. The fourth-order valence-electron chi connectivity index (χ4n) is 1.56. The highest BCUT2D eigenvalue weighted by molar-refractivity contribution is 9.10. The van der Waals surface area contributed by atoms with Gasteiger partial charge in [0.1, 0.15) is 0 Å². The first-order valence-electron chi connectivity index (χ1n) is 5.60. The second kappa shape index (κ2) is 6.45. The number of benzene rings is 1. The van der Waals surface area contributed by atoms with Crippen molar-refractivity contribution < 1.29 is 13.2 Å². The Balaban J connectivity index is 2.29. The molecule has 0 radical (unpaired) electrons. The minimum Gasteiger partial charge on any atom is -0.348 e. The van der Waals surface area contributed by atoms with E-state index in [0.717, 1.165) is 11.6 Å². The Labute approximate surface area is 139 Å². The average Bonchev–Trinajstić information content (AvgIpc) is 2.91. The summed E-state index contributed by atoms with van der Waals surface area (Å²) < 4.78 is 23.1. The van der Waals surface area contributed by atoms with Gasteiger partial charge in [-0.05, 0) is 50.5 Å². The molecule has 0 aliphatic carbocycles. The highest BCUT2D eigenvalue weighted by Crippen LogP contribution is 2.29. The molecule has 0 saturated carbocycles. The first kappa shape index (κ1) is 16.4. The van der Waals surface area contributed by atoms with Crippen LogP contribution in [0.3, 0.4) is 0 Å². The number of sulfonamides is 1. The summed E-state index contributed by atoms with van der Waals surface area (Å²) in [6.07, 6.45) is 0. The molecular weight excluding hydrogens is 400 g/mol. The quantitative estimate of drug-likeness (QED) is 0.813. The van der Waals surface area contributed by atoms with Gasteiger partial charge in [0.15, 0.2) is 0 Å². The Bertz CT molecular complexity index is 776. The second-order valence-corrected chi connectivity index (χ2v) is 7.70. The van der Waals surface area contributed by atoms with E-state index in [0.29, 0.717) is 6.54 Å². The summed E-state index contributed by atoms with van der Waals surface area (Å²) in [6.45, 7) is 0.329. The van der Waals surface area contributed by atoms with Crippen LogP contribution in [0.15, 0.2) is 38.3 Å². The molecule has 1 aromatic heterocycles. The van der Waals surface area contributed by atoms with Crippen molar-refractivity contribution >= 4 is 54.8 Å². The SMILES string of the molecule is NS(=O)(=O)c1cc(Br)c(Cl)c(C(=O)NCc2ccsc2)c1. The van der Waals surface area contributed by atoms with Crippen LogP contribution in [0.5, 0.6) is 0 Å². The van der Waals surface area contributed by atoms with E-state index < -0.39 is 15.9 Å². The summed E-state index contributed by atoms with van der Waals surface area (Å²) in [5.74, 6) is -0.475. The Kier molecular flexibility index (Phi) is 5.05. The zero-order valence-corrected chi connectivity index (χ0v) is 14.4. The molecule has 2 rings (SSSR count). The number of halogens is 2. The maximum atomic E-state index is 12.1. The summed E-state index contributed by atoms with van der Waals surface area (Å²) in [6, 6.07) is 4.29. The number of carbonyl (C=O) groups is 1. The summed E-state index contributed by atoms with van der Waals surface area (Å²) in [5.41, 5.74) is 0.997. The van der Waals surface area contributed by atoms with E-state index in [4.69, 9.17) is 16.7 Å². The van der Waals surface area contributed by atoms with E-state index in [1.807, 2.05) is 16.8 Å². The molecule has 3 N–H and O–H groups in total. The number of nitrogens with one attached hydrogen (secondary N) is 1. The van der Waals surface area contributed by atoms with E-state index in [1.165, 1.54) is 17.4 Å². The zero-order valence-electron chi connectivity index (χ0n) is 10.5. The number of rotatable bonds is 4. The van der Waals surface area contributed by atoms with Gasteiger partial charge in [0.05, 0.1) is 15.5 Å². The summed E-state index contributed by atoms with van der Waals surface area (Å²) in [7, 11) is -3.92. The van der Waals surface area contributed by atoms with Gasteiger partial charge in [-0.1, -0.05) is 11.6 Å². The Morgan fingerprint density at radius 2 is 2.14 bits per heavy atom. The lowest BCUT2D eigenvalue weighted by Gasteiger charge is -2.09. The number of primary sulfonamides is 1. The van der Waals surface area contributed by atoms with E-state index in [1.54, 1.807) is 0 Å². The number of nitrogens with two attached hydrogens (primary N) is 1. The van der Waals surface area contributed by atoms with Crippen molar-refractivity contribution in [3.8, 4) is 0 Å². The molecule has 1 amide bonds. The molecule has 0 fully saturated rings. The van der Waals surface area contributed by atoms with Crippen LogP contribution < -0.4 is 10.5 Å². The topological polar surface area (TPSA) is 89.3 Å². The Morgan fingerprint density at radius 1 is 1.43 bits per heavy atom. The molecule has 5 nitrogen and oxygen atoms in total. The Hall–Kier alpha value is -0.930. The zero-order chi connectivity index (χ0) is 15.6. The molecule has 0 unspecified atom stereocenters. The first-order chi connectivity index (χ1) is 9.79. The molecule has 9 heteroatoms. The lowest BCUT2D eigenvalue weighted by Crippen LogP contribution is -2.23. The predicted octanol–water partition coefficient (Wildman–Crippen LogP) is 2.74. The van der Waals surface area contributed by atoms with E-state index in [2.05, 4.69) is 21.2 Å². The molecule has 0 aliphatic rings.